The molecule has 2 rings (SSSR count). The van der Waals surface area contributed by atoms with Crippen LogP contribution in [0.25, 0.3) is 0 Å². The van der Waals surface area contributed by atoms with Crippen molar-refractivity contribution in [3.63, 3.8) is 0 Å². The molecule has 0 unspecified atom stereocenters. The SMILES string of the molecule is CN(C)c1ccc(CN=C(N)NC2CCCCC2)cc1F.I. The molecule has 1 saturated carbocycles. The van der Waals surface area contributed by atoms with Gasteiger partial charge in [-0.3, -0.25) is 0 Å². The number of rotatable bonds is 4. The van der Waals surface area contributed by atoms with Gasteiger partial charge in [0.15, 0.2) is 5.96 Å². The van der Waals surface area contributed by atoms with Gasteiger partial charge in [-0.05, 0) is 30.5 Å². The second kappa shape index (κ2) is 9.17. The molecule has 1 aromatic rings. The Morgan fingerprint density at radius 2 is 2.00 bits per heavy atom. The maximum atomic E-state index is 13.9. The van der Waals surface area contributed by atoms with Gasteiger partial charge in [0.1, 0.15) is 5.82 Å². The Labute approximate surface area is 149 Å². The summed E-state index contributed by atoms with van der Waals surface area (Å²) in [5.41, 5.74) is 7.31. The molecule has 0 aromatic heterocycles. The Bertz CT molecular complexity index is 499. The van der Waals surface area contributed by atoms with Gasteiger partial charge >= 0.3 is 0 Å². The fourth-order valence-electron chi connectivity index (χ4n) is 2.69. The van der Waals surface area contributed by atoms with Gasteiger partial charge in [-0.1, -0.05) is 25.3 Å². The molecular weight excluding hydrogens is 394 g/mol. The third kappa shape index (κ3) is 5.62. The zero-order valence-electron chi connectivity index (χ0n) is 13.3. The third-order valence-electron chi connectivity index (χ3n) is 3.88. The predicted octanol–water partition coefficient (Wildman–Crippen LogP) is 3.25. The molecule has 124 valence electrons. The van der Waals surface area contributed by atoms with Crippen molar-refractivity contribution in [3.8, 4) is 0 Å². The van der Waals surface area contributed by atoms with Crippen LogP contribution in [-0.4, -0.2) is 26.1 Å². The number of hydrogen-bond acceptors (Lipinski definition) is 2. The number of nitrogens with zero attached hydrogens (tertiary/aromatic N) is 2. The molecule has 0 amide bonds. The van der Waals surface area contributed by atoms with E-state index in [-0.39, 0.29) is 29.8 Å². The minimum Gasteiger partial charge on any atom is -0.375 e. The highest BCUT2D eigenvalue weighted by Crippen LogP contribution is 2.19. The van der Waals surface area contributed by atoms with Crippen molar-refractivity contribution in [2.24, 2.45) is 10.7 Å². The maximum Gasteiger partial charge on any atom is 0.189 e. The van der Waals surface area contributed by atoms with Crippen LogP contribution in [0.15, 0.2) is 23.2 Å². The lowest BCUT2D eigenvalue weighted by molar-refractivity contribution is 0.412. The van der Waals surface area contributed by atoms with Crippen LogP contribution in [0.3, 0.4) is 0 Å². The smallest absolute Gasteiger partial charge is 0.189 e. The first-order valence-electron chi connectivity index (χ1n) is 7.58. The Morgan fingerprint density at radius 1 is 1.32 bits per heavy atom. The number of nitrogens with one attached hydrogen (secondary N) is 1. The average Bonchev–Trinajstić information content (AvgIpc) is 2.46. The van der Waals surface area contributed by atoms with E-state index >= 15 is 0 Å². The van der Waals surface area contributed by atoms with Gasteiger partial charge in [0, 0.05) is 20.1 Å². The molecule has 0 bridgehead atoms. The zero-order valence-corrected chi connectivity index (χ0v) is 15.6. The van der Waals surface area contributed by atoms with Gasteiger partial charge in [-0.15, -0.1) is 24.0 Å². The van der Waals surface area contributed by atoms with Gasteiger partial charge in [-0.25, -0.2) is 9.38 Å². The number of halogens is 2. The molecule has 1 aliphatic rings. The number of anilines is 1. The quantitative estimate of drug-likeness (QED) is 0.447. The molecule has 0 spiro atoms. The van der Waals surface area contributed by atoms with E-state index in [0.717, 1.165) is 18.4 Å². The standard InChI is InChI=1S/C16H25FN4.HI/c1-21(2)15-9-8-12(10-14(15)17)11-19-16(18)20-13-6-4-3-5-7-13;/h8-10,13H,3-7,11H2,1-2H3,(H3,18,19,20);1H. The fraction of sp³-hybridized carbons (Fsp3) is 0.562. The molecule has 0 radical (unpaired) electrons. The molecule has 1 fully saturated rings. The molecule has 0 atom stereocenters. The lowest BCUT2D eigenvalue weighted by atomic mass is 9.96. The van der Waals surface area contributed by atoms with E-state index in [0.29, 0.717) is 24.2 Å². The van der Waals surface area contributed by atoms with E-state index in [1.54, 1.807) is 11.0 Å². The molecule has 0 saturated heterocycles. The van der Waals surface area contributed by atoms with Crippen LogP contribution < -0.4 is 16.0 Å². The normalized spacial score (nSPS) is 16.0. The van der Waals surface area contributed by atoms with Crippen LogP contribution in [0.5, 0.6) is 0 Å². The van der Waals surface area contributed by atoms with Crippen LogP contribution in [0.1, 0.15) is 37.7 Å². The molecular formula is C16H26FIN4. The van der Waals surface area contributed by atoms with Crippen LogP contribution >= 0.6 is 24.0 Å². The first-order valence-corrected chi connectivity index (χ1v) is 7.58. The van der Waals surface area contributed by atoms with Crippen molar-refractivity contribution < 1.29 is 4.39 Å². The van der Waals surface area contributed by atoms with Crippen molar-refractivity contribution in [3.05, 3.63) is 29.6 Å². The van der Waals surface area contributed by atoms with E-state index in [1.165, 1.54) is 25.3 Å². The third-order valence-corrected chi connectivity index (χ3v) is 3.88. The van der Waals surface area contributed by atoms with E-state index in [4.69, 9.17) is 5.73 Å². The van der Waals surface area contributed by atoms with E-state index in [9.17, 15) is 4.39 Å². The van der Waals surface area contributed by atoms with E-state index < -0.39 is 0 Å². The average molecular weight is 420 g/mol. The van der Waals surface area contributed by atoms with Crippen LogP contribution in [0, 0.1) is 5.82 Å². The largest absolute Gasteiger partial charge is 0.375 e. The summed E-state index contributed by atoms with van der Waals surface area (Å²) in [4.78, 5) is 6.06. The number of benzene rings is 1. The van der Waals surface area contributed by atoms with Crippen LogP contribution in [-0.2, 0) is 6.54 Å². The van der Waals surface area contributed by atoms with Crippen molar-refractivity contribution in [1.82, 2.24) is 5.32 Å². The highest BCUT2D eigenvalue weighted by atomic mass is 127. The summed E-state index contributed by atoms with van der Waals surface area (Å²) in [6, 6.07) is 5.61. The summed E-state index contributed by atoms with van der Waals surface area (Å²) < 4.78 is 13.9. The van der Waals surface area contributed by atoms with Gasteiger partial charge in [0.25, 0.3) is 0 Å². The Balaban J connectivity index is 0.00000242. The fourth-order valence-corrected chi connectivity index (χ4v) is 2.69. The van der Waals surface area contributed by atoms with E-state index in [2.05, 4.69) is 10.3 Å². The highest BCUT2D eigenvalue weighted by Gasteiger charge is 2.13. The molecule has 6 heteroatoms. The summed E-state index contributed by atoms with van der Waals surface area (Å²) in [6.07, 6.45) is 6.13. The lowest BCUT2D eigenvalue weighted by Crippen LogP contribution is -2.41. The van der Waals surface area contributed by atoms with Crippen molar-refractivity contribution in [1.29, 1.82) is 0 Å². The number of aliphatic imine (C=N–C) groups is 1. The summed E-state index contributed by atoms with van der Waals surface area (Å²) in [5, 5.41) is 3.26. The number of hydrogen-bond donors (Lipinski definition) is 2. The van der Waals surface area contributed by atoms with Gasteiger partial charge in [0.2, 0.25) is 0 Å². The lowest BCUT2D eigenvalue weighted by Gasteiger charge is -2.23. The van der Waals surface area contributed by atoms with Crippen molar-refractivity contribution in [2.45, 2.75) is 44.7 Å². The Morgan fingerprint density at radius 3 is 2.59 bits per heavy atom. The molecule has 22 heavy (non-hydrogen) atoms. The van der Waals surface area contributed by atoms with Crippen molar-refractivity contribution >= 4 is 35.6 Å². The summed E-state index contributed by atoms with van der Waals surface area (Å²) in [7, 11) is 3.64. The number of guanidine groups is 1. The molecule has 1 aromatic carbocycles. The molecule has 0 aliphatic heterocycles. The highest BCUT2D eigenvalue weighted by molar-refractivity contribution is 14.0. The monoisotopic (exact) mass is 420 g/mol. The zero-order chi connectivity index (χ0) is 15.2. The molecule has 4 nitrogen and oxygen atoms in total. The second-order valence-electron chi connectivity index (χ2n) is 5.86. The molecule has 0 heterocycles. The van der Waals surface area contributed by atoms with Gasteiger partial charge < -0.3 is 16.0 Å². The van der Waals surface area contributed by atoms with E-state index in [1.807, 2.05) is 20.2 Å². The number of nitrogens with two attached hydrogens (primary N) is 1. The van der Waals surface area contributed by atoms with Crippen LogP contribution in [0.2, 0.25) is 0 Å². The summed E-state index contributed by atoms with van der Waals surface area (Å²) in [6.45, 7) is 0.399. The first kappa shape index (κ1) is 19.0. The molecule has 3 N–H and O–H groups in total. The van der Waals surface area contributed by atoms with Crippen LogP contribution in [0.4, 0.5) is 10.1 Å². The molecule has 1 aliphatic carbocycles. The van der Waals surface area contributed by atoms with Gasteiger partial charge in [-0.2, -0.15) is 0 Å². The van der Waals surface area contributed by atoms with Crippen molar-refractivity contribution in [2.75, 3.05) is 19.0 Å². The minimum absolute atomic E-state index is 0. The summed E-state index contributed by atoms with van der Waals surface area (Å²) >= 11 is 0. The first-order chi connectivity index (χ1) is 10.1. The summed E-state index contributed by atoms with van der Waals surface area (Å²) in [5.74, 6) is 0.227. The van der Waals surface area contributed by atoms with Gasteiger partial charge in [0.05, 0.1) is 12.2 Å². The minimum atomic E-state index is -0.230. The predicted molar refractivity (Wildman–Crippen MR) is 101 cm³/mol. The maximum absolute atomic E-state index is 13.9. The topological polar surface area (TPSA) is 53.6 Å². The Kier molecular flexibility index (Phi) is 7.92. The Hall–Kier alpha value is -1.05. The second-order valence-corrected chi connectivity index (χ2v) is 5.86.